The molecule has 9 heteroatoms. The summed E-state index contributed by atoms with van der Waals surface area (Å²) in [6.07, 6.45) is 1.73. The fourth-order valence-corrected chi connectivity index (χ4v) is 4.96. The third-order valence-corrected chi connectivity index (χ3v) is 6.58. The van der Waals surface area contributed by atoms with Crippen molar-refractivity contribution in [3.05, 3.63) is 91.2 Å². The molecular weight excluding hydrogens is 522 g/mol. The van der Waals surface area contributed by atoms with Gasteiger partial charge < -0.3 is 4.74 Å². The Morgan fingerprint density at radius 2 is 1.52 bits per heavy atom. The fourth-order valence-electron chi connectivity index (χ4n) is 3.09. The SMILES string of the molecule is CCOc1c(Cl)cc(/C=C2\SC(=Nc3ccc(Cl)cc3)N(c3ccc(Cl)cc3)C2=O)cc1Cl. The number of aliphatic imine (C=N–C) groups is 1. The van der Waals surface area contributed by atoms with Crippen molar-refractivity contribution >= 4 is 86.7 Å². The van der Waals surface area contributed by atoms with E-state index in [0.29, 0.717) is 59.5 Å². The first-order valence-electron chi connectivity index (χ1n) is 9.81. The van der Waals surface area contributed by atoms with Crippen molar-refractivity contribution in [1.82, 2.24) is 0 Å². The van der Waals surface area contributed by atoms with Crippen LogP contribution in [0.2, 0.25) is 20.1 Å². The van der Waals surface area contributed by atoms with Crippen molar-refractivity contribution in [2.24, 2.45) is 4.99 Å². The molecule has 3 aromatic carbocycles. The van der Waals surface area contributed by atoms with Gasteiger partial charge in [0, 0.05) is 10.0 Å². The van der Waals surface area contributed by atoms with E-state index in [1.54, 1.807) is 71.6 Å². The highest BCUT2D eigenvalue weighted by Gasteiger charge is 2.34. The lowest BCUT2D eigenvalue weighted by Crippen LogP contribution is -2.28. The van der Waals surface area contributed by atoms with Crippen LogP contribution in [0.1, 0.15) is 12.5 Å². The van der Waals surface area contributed by atoms with Crippen molar-refractivity contribution in [2.45, 2.75) is 6.92 Å². The van der Waals surface area contributed by atoms with Crippen molar-refractivity contribution in [2.75, 3.05) is 11.5 Å². The zero-order valence-electron chi connectivity index (χ0n) is 17.2. The van der Waals surface area contributed by atoms with E-state index >= 15 is 0 Å². The number of nitrogens with zero attached hydrogens (tertiary/aromatic N) is 2. The number of benzene rings is 3. The zero-order chi connectivity index (χ0) is 23.5. The van der Waals surface area contributed by atoms with Crippen LogP contribution in [0.5, 0.6) is 5.75 Å². The molecule has 168 valence electrons. The maximum absolute atomic E-state index is 13.4. The molecule has 0 unspecified atom stereocenters. The predicted molar refractivity (Wildman–Crippen MR) is 141 cm³/mol. The number of amidine groups is 1. The lowest BCUT2D eigenvalue weighted by Gasteiger charge is -2.15. The van der Waals surface area contributed by atoms with Crippen LogP contribution in [0.15, 0.2) is 70.6 Å². The molecule has 3 aromatic rings. The van der Waals surface area contributed by atoms with Gasteiger partial charge >= 0.3 is 0 Å². The summed E-state index contributed by atoms with van der Waals surface area (Å²) >= 11 is 25.9. The van der Waals surface area contributed by atoms with Crippen LogP contribution in [0.4, 0.5) is 11.4 Å². The second kappa shape index (κ2) is 10.4. The van der Waals surface area contributed by atoms with Gasteiger partial charge in [-0.15, -0.1) is 0 Å². The van der Waals surface area contributed by atoms with Crippen LogP contribution in [0.3, 0.4) is 0 Å². The minimum absolute atomic E-state index is 0.226. The Morgan fingerprint density at radius 3 is 2.09 bits per heavy atom. The number of anilines is 1. The number of hydrogen-bond donors (Lipinski definition) is 0. The first kappa shape index (κ1) is 24.0. The minimum atomic E-state index is -0.226. The number of halogens is 4. The average Bonchev–Trinajstić information content (AvgIpc) is 3.07. The average molecular weight is 538 g/mol. The molecular formula is C24H16Cl4N2O2S. The Bertz CT molecular complexity index is 1240. The summed E-state index contributed by atoms with van der Waals surface area (Å²) in [6.45, 7) is 2.29. The van der Waals surface area contributed by atoms with Crippen molar-refractivity contribution < 1.29 is 9.53 Å². The number of amides is 1. The van der Waals surface area contributed by atoms with E-state index in [4.69, 9.17) is 51.1 Å². The molecule has 1 fully saturated rings. The van der Waals surface area contributed by atoms with Crippen LogP contribution in [0.25, 0.3) is 6.08 Å². The van der Waals surface area contributed by atoms with Gasteiger partial charge in [0.15, 0.2) is 10.9 Å². The van der Waals surface area contributed by atoms with Gasteiger partial charge in [-0.2, -0.15) is 0 Å². The van der Waals surface area contributed by atoms with E-state index in [9.17, 15) is 4.79 Å². The van der Waals surface area contributed by atoms with E-state index in [-0.39, 0.29) is 5.91 Å². The molecule has 1 heterocycles. The van der Waals surface area contributed by atoms with Gasteiger partial charge in [0.2, 0.25) is 0 Å². The first-order chi connectivity index (χ1) is 15.9. The number of rotatable bonds is 5. The van der Waals surface area contributed by atoms with Gasteiger partial charge in [0.1, 0.15) is 0 Å². The molecule has 0 radical (unpaired) electrons. The quantitative estimate of drug-likeness (QED) is 0.306. The van der Waals surface area contributed by atoms with Crippen LogP contribution in [0, 0.1) is 0 Å². The van der Waals surface area contributed by atoms with Gasteiger partial charge in [-0.25, -0.2) is 4.99 Å². The second-order valence-corrected chi connectivity index (χ2v) is 9.54. The van der Waals surface area contributed by atoms with E-state index in [1.807, 2.05) is 6.92 Å². The predicted octanol–water partition coefficient (Wildman–Crippen LogP) is 8.51. The largest absolute Gasteiger partial charge is 0.491 e. The highest BCUT2D eigenvalue weighted by Crippen LogP contribution is 2.40. The molecule has 0 aromatic heterocycles. The van der Waals surface area contributed by atoms with E-state index in [1.165, 1.54) is 11.8 Å². The topological polar surface area (TPSA) is 41.9 Å². The van der Waals surface area contributed by atoms with Crippen molar-refractivity contribution in [3.63, 3.8) is 0 Å². The molecule has 33 heavy (non-hydrogen) atoms. The second-order valence-electron chi connectivity index (χ2n) is 6.85. The Morgan fingerprint density at radius 1 is 0.939 bits per heavy atom. The number of carbonyl (C=O) groups is 1. The number of thioether (sulfide) groups is 1. The third kappa shape index (κ3) is 5.51. The number of hydrogen-bond acceptors (Lipinski definition) is 4. The molecule has 1 amide bonds. The standard InChI is InChI=1S/C24H16Cl4N2O2S/c1-2-32-22-19(27)11-14(12-20(22)28)13-21-23(31)30(18-9-5-16(26)6-10-18)24(33-21)29-17-7-3-15(25)4-8-17/h3-13H,2H2,1H3/b21-13-,29-24?. The Balaban J connectivity index is 1.75. The molecule has 4 nitrogen and oxygen atoms in total. The Hall–Kier alpha value is -2.15. The Kier molecular flexibility index (Phi) is 7.57. The number of carbonyl (C=O) groups excluding carboxylic acids is 1. The van der Waals surface area contributed by atoms with E-state index in [0.717, 1.165) is 0 Å². The molecule has 0 atom stereocenters. The highest BCUT2D eigenvalue weighted by molar-refractivity contribution is 8.19. The van der Waals surface area contributed by atoms with Gasteiger partial charge in [0.05, 0.1) is 32.9 Å². The molecule has 1 aliphatic heterocycles. The molecule has 0 N–H and O–H groups in total. The van der Waals surface area contributed by atoms with Crippen molar-refractivity contribution in [1.29, 1.82) is 0 Å². The van der Waals surface area contributed by atoms with Gasteiger partial charge in [0.25, 0.3) is 5.91 Å². The summed E-state index contributed by atoms with van der Waals surface area (Å²) < 4.78 is 5.49. The summed E-state index contributed by atoms with van der Waals surface area (Å²) in [5, 5.41) is 2.42. The normalized spacial score (nSPS) is 16.2. The molecule has 4 rings (SSSR count). The molecule has 0 bridgehead atoms. The summed E-state index contributed by atoms with van der Waals surface area (Å²) in [5.41, 5.74) is 1.99. The molecule has 0 saturated carbocycles. The molecule has 1 saturated heterocycles. The summed E-state index contributed by atoms with van der Waals surface area (Å²) in [6, 6.07) is 17.5. The van der Waals surface area contributed by atoms with Crippen molar-refractivity contribution in [3.8, 4) is 5.75 Å². The van der Waals surface area contributed by atoms with Crippen LogP contribution in [-0.4, -0.2) is 17.7 Å². The first-order valence-corrected chi connectivity index (χ1v) is 12.1. The maximum atomic E-state index is 13.4. The summed E-state index contributed by atoms with van der Waals surface area (Å²) in [7, 11) is 0. The van der Waals surface area contributed by atoms with Crippen LogP contribution >= 0.6 is 58.2 Å². The van der Waals surface area contributed by atoms with Gasteiger partial charge in [-0.1, -0.05) is 46.4 Å². The molecule has 0 spiro atoms. The lowest BCUT2D eigenvalue weighted by molar-refractivity contribution is -0.113. The maximum Gasteiger partial charge on any atom is 0.271 e. The Labute approximate surface area is 215 Å². The van der Waals surface area contributed by atoms with E-state index in [2.05, 4.69) is 4.99 Å². The number of ether oxygens (including phenoxy) is 1. The minimum Gasteiger partial charge on any atom is -0.491 e. The zero-order valence-corrected chi connectivity index (χ0v) is 21.0. The van der Waals surface area contributed by atoms with E-state index < -0.39 is 0 Å². The lowest BCUT2D eigenvalue weighted by atomic mass is 10.2. The highest BCUT2D eigenvalue weighted by atomic mass is 35.5. The van der Waals surface area contributed by atoms with Gasteiger partial charge in [-0.3, -0.25) is 9.69 Å². The molecule has 1 aliphatic rings. The van der Waals surface area contributed by atoms with Crippen LogP contribution in [-0.2, 0) is 4.79 Å². The fraction of sp³-hybridized carbons (Fsp3) is 0.0833. The third-order valence-electron chi connectivity index (χ3n) is 4.55. The molecule has 0 aliphatic carbocycles. The summed E-state index contributed by atoms with van der Waals surface area (Å²) in [5.74, 6) is 0.192. The smallest absolute Gasteiger partial charge is 0.271 e. The monoisotopic (exact) mass is 536 g/mol. The van der Waals surface area contributed by atoms with Gasteiger partial charge in [-0.05, 0) is 91.0 Å². The summed E-state index contributed by atoms with van der Waals surface area (Å²) in [4.78, 5) is 20.1. The van der Waals surface area contributed by atoms with Crippen LogP contribution < -0.4 is 9.64 Å².